The van der Waals surface area contributed by atoms with Gasteiger partial charge in [0.1, 0.15) is 18.1 Å². The van der Waals surface area contributed by atoms with Crippen molar-refractivity contribution >= 4 is 28.9 Å². The molecule has 0 heterocycles. The molecule has 1 amide bonds. The summed E-state index contributed by atoms with van der Waals surface area (Å²) in [5.41, 5.74) is 1.22. The second kappa shape index (κ2) is 11.3. The van der Waals surface area contributed by atoms with Crippen LogP contribution in [0.15, 0.2) is 48.5 Å². The van der Waals surface area contributed by atoms with Crippen LogP contribution in [0.4, 0.5) is 5.69 Å². The first-order chi connectivity index (χ1) is 13.5. The van der Waals surface area contributed by atoms with Crippen LogP contribution >= 0.6 is 12.2 Å². The highest BCUT2D eigenvalue weighted by Gasteiger charge is 2.10. The Hall–Kier alpha value is -2.64. The van der Waals surface area contributed by atoms with Crippen molar-refractivity contribution in [3.8, 4) is 11.5 Å². The van der Waals surface area contributed by atoms with Gasteiger partial charge in [0.15, 0.2) is 5.11 Å². The third-order valence-corrected chi connectivity index (χ3v) is 3.71. The molecule has 2 N–H and O–H groups in total. The van der Waals surface area contributed by atoms with Crippen molar-refractivity contribution in [1.82, 2.24) is 5.32 Å². The van der Waals surface area contributed by atoms with E-state index in [0.717, 1.165) is 11.4 Å². The van der Waals surface area contributed by atoms with Gasteiger partial charge in [0.25, 0.3) is 5.91 Å². The van der Waals surface area contributed by atoms with Gasteiger partial charge in [-0.2, -0.15) is 0 Å². The summed E-state index contributed by atoms with van der Waals surface area (Å²) in [6, 6.07) is 14.3. The largest absolute Gasteiger partial charge is 0.491 e. The van der Waals surface area contributed by atoms with Gasteiger partial charge in [-0.25, -0.2) is 0 Å². The Labute approximate surface area is 171 Å². The number of thiocarbonyl (C=S) groups is 1. The van der Waals surface area contributed by atoms with Gasteiger partial charge in [-0.15, -0.1) is 0 Å². The smallest absolute Gasteiger partial charge is 0.257 e. The predicted octanol–water partition coefficient (Wildman–Crippen LogP) is 4.02. The fourth-order valence-electron chi connectivity index (χ4n) is 2.32. The van der Waals surface area contributed by atoms with Crippen LogP contribution in [-0.2, 0) is 4.74 Å². The van der Waals surface area contributed by atoms with E-state index < -0.39 is 0 Å². The summed E-state index contributed by atoms with van der Waals surface area (Å²) in [7, 11) is 0. The molecule has 0 saturated heterocycles. The number of amides is 1. The zero-order valence-electron chi connectivity index (χ0n) is 16.4. The fraction of sp³-hybridized carbons (Fsp3) is 0.333. The Morgan fingerprint density at radius 1 is 1.07 bits per heavy atom. The topological polar surface area (TPSA) is 68.8 Å². The minimum atomic E-state index is -0.303. The second-order valence-corrected chi connectivity index (χ2v) is 6.58. The van der Waals surface area contributed by atoms with Crippen molar-refractivity contribution in [3.05, 3.63) is 54.1 Å². The molecule has 2 aromatic rings. The summed E-state index contributed by atoms with van der Waals surface area (Å²) in [6.45, 7) is 7.52. The normalized spacial score (nSPS) is 10.4. The van der Waals surface area contributed by atoms with Gasteiger partial charge in [0.2, 0.25) is 0 Å². The number of carbonyl (C=O) groups excluding carboxylic acids is 1. The molecule has 0 spiro atoms. The van der Waals surface area contributed by atoms with E-state index in [9.17, 15) is 4.79 Å². The van der Waals surface area contributed by atoms with Gasteiger partial charge in [0, 0.05) is 17.9 Å². The predicted molar refractivity (Wildman–Crippen MR) is 114 cm³/mol. The molecule has 0 unspecified atom stereocenters. The van der Waals surface area contributed by atoms with Crippen molar-refractivity contribution in [2.75, 3.05) is 25.1 Å². The van der Waals surface area contributed by atoms with E-state index >= 15 is 0 Å². The molecule has 150 valence electrons. The second-order valence-electron chi connectivity index (χ2n) is 6.17. The SMILES string of the molecule is CCOCCOc1ccc(NC(=S)NC(=O)c2cccc(OC(C)C)c2)cc1. The lowest BCUT2D eigenvalue weighted by atomic mass is 10.2. The third-order valence-electron chi connectivity index (χ3n) is 3.51. The van der Waals surface area contributed by atoms with Gasteiger partial charge in [-0.3, -0.25) is 10.1 Å². The number of hydrogen-bond acceptors (Lipinski definition) is 5. The maximum absolute atomic E-state index is 12.4. The van der Waals surface area contributed by atoms with Gasteiger partial charge in [0.05, 0.1) is 12.7 Å². The highest BCUT2D eigenvalue weighted by molar-refractivity contribution is 7.80. The van der Waals surface area contributed by atoms with E-state index in [1.807, 2.05) is 51.1 Å². The molecule has 2 rings (SSSR count). The van der Waals surface area contributed by atoms with Crippen LogP contribution in [0.3, 0.4) is 0 Å². The monoisotopic (exact) mass is 402 g/mol. The number of nitrogens with one attached hydrogen (secondary N) is 2. The van der Waals surface area contributed by atoms with E-state index in [0.29, 0.717) is 31.1 Å². The van der Waals surface area contributed by atoms with Crippen molar-refractivity contribution < 1.29 is 19.0 Å². The average Bonchev–Trinajstić information content (AvgIpc) is 2.66. The lowest BCUT2D eigenvalue weighted by Crippen LogP contribution is -2.34. The first kappa shape index (κ1) is 21.7. The summed E-state index contributed by atoms with van der Waals surface area (Å²) < 4.78 is 16.4. The zero-order chi connectivity index (χ0) is 20.4. The Bertz CT molecular complexity index is 778. The van der Waals surface area contributed by atoms with Crippen molar-refractivity contribution in [1.29, 1.82) is 0 Å². The molecule has 0 atom stereocenters. The summed E-state index contributed by atoms with van der Waals surface area (Å²) in [5, 5.41) is 5.86. The Morgan fingerprint density at radius 3 is 2.50 bits per heavy atom. The first-order valence-electron chi connectivity index (χ1n) is 9.17. The molecule has 0 radical (unpaired) electrons. The standard InChI is InChI=1S/C21H26N2O4S/c1-4-25-12-13-26-18-10-8-17(9-11-18)22-21(28)23-20(24)16-6-5-7-19(14-16)27-15(2)3/h5-11,14-15H,4,12-13H2,1-3H3,(H2,22,23,24,28). The Kier molecular flexibility index (Phi) is 8.71. The molecule has 0 aromatic heterocycles. The van der Waals surface area contributed by atoms with Crippen LogP contribution < -0.4 is 20.1 Å². The number of hydrogen-bond donors (Lipinski definition) is 2. The van der Waals surface area contributed by atoms with Crippen LogP contribution in [-0.4, -0.2) is 36.9 Å². The van der Waals surface area contributed by atoms with Crippen LogP contribution in [0.25, 0.3) is 0 Å². The number of anilines is 1. The number of ether oxygens (including phenoxy) is 3. The molecule has 7 heteroatoms. The molecule has 0 aliphatic rings. The van der Waals surface area contributed by atoms with E-state index in [1.54, 1.807) is 18.2 Å². The van der Waals surface area contributed by atoms with E-state index in [4.69, 9.17) is 26.4 Å². The molecule has 0 aliphatic heterocycles. The number of rotatable bonds is 9. The Balaban J connectivity index is 1.85. The minimum Gasteiger partial charge on any atom is -0.491 e. The van der Waals surface area contributed by atoms with Crippen LogP contribution in [0.2, 0.25) is 0 Å². The van der Waals surface area contributed by atoms with Gasteiger partial charge >= 0.3 is 0 Å². The average molecular weight is 403 g/mol. The summed E-state index contributed by atoms with van der Waals surface area (Å²) in [4.78, 5) is 12.4. The lowest BCUT2D eigenvalue weighted by molar-refractivity contribution is 0.0977. The zero-order valence-corrected chi connectivity index (χ0v) is 17.2. The van der Waals surface area contributed by atoms with Crippen LogP contribution in [0.5, 0.6) is 11.5 Å². The Morgan fingerprint density at radius 2 is 1.82 bits per heavy atom. The fourth-order valence-corrected chi connectivity index (χ4v) is 2.53. The lowest BCUT2D eigenvalue weighted by Gasteiger charge is -2.12. The first-order valence-corrected chi connectivity index (χ1v) is 9.58. The maximum Gasteiger partial charge on any atom is 0.257 e. The maximum atomic E-state index is 12.4. The molecular formula is C21H26N2O4S. The molecule has 0 fully saturated rings. The van der Waals surface area contributed by atoms with Gasteiger partial charge < -0.3 is 19.5 Å². The van der Waals surface area contributed by atoms with Crippen molar-refractivity contribution in [3.63, 3.8) is 0 Å². The highest BCUT2D eigenvalue weighted by atomic mass is 32.1. The number of benzene rings is 2. The van der Waals surface area contributed by atoms with Gasteiger partial charge in [-0.05, 0) is 75.5 Å². The molecule has 0 aliphatic carbocycles. The minimum absolute atomic E-state index is 0.0344. The summed E-state index contributed by atoms with van der Waals surface area (Å²) in [6.07, 6.45) is 0.0344. The van der Waals surface area contributed by atoms with Gasteiger partial charge in [-0.1, -0.05) is 6.07 Å². The molecule has 0 bridgehead atoms. The van der Waals surface area contributed by atoms with Crippen molar-refractivity contribution in [2.24, 2.45) is 0 Å². The number of carbonyl (C=O) groups is 1. The van der Waals surface area contributed by atoms with Crippen LogP contribution in [0, 0.1) is 0 Å². The summed E-state index contributed by atoms with van der Waals surface area (Å²) >= 11 is 5.22. The van der Waals surface area contributed by atoms with Crippen LogP contribution in [0.1, 0.15) is 31.1 Å². The van der Waals surface area contributed by atoms with E-state index in [2.05, 4.69) is 10.6 Å². The molecule has 0 saturated carbocycles. The van der Waals surface area contributed by atoms with E-state index in [-0.39, 0.29) is 17.1 Å². The van der Waals surface area contributed by atoms with Crippen molar-refractivity contribution in [2.45, 2.75) is 26.9 Å². The molecule has 6 nitrogen and oxygen atoms in total. The molecule has 28 heavy (non-hydrogen) atoms. The molecule has 2 aromatic carbocycles. The summed E-state index contributed by atoms with van der Waals surface area (Å²) in [5.74, 6) is 1.08. The highest BCUT2D eigenvalue weighted by Crippen LogP contribution is 2.16. The quantitative estimate of drug-likeness (QED) is 0.488. The van der Waals surface area contributed by atoms with E-state index in [1.165, 1.54) is 0 Å². The molecular weight excluding hydrogens is 376 g/mol. The third kappa shape index (κ3) is 7.54.